The molecule has 2 nitrogen and oxygen atoms in total. The van der Waals surface area contributed by atoms with Gasteiger partial charge in [-0.2, -0.15) is 0 Å². The van der Waals surface area contributed by atoms with Gasteiger partial charge in [0.25, 0.3) is 0 Å². The van der Waals surface area contributed by atoms with E-state index < -0.39 is 6.69 Å². The van der Waals surface area contributed by atoms with Crippen molar-refractivity contribution in [1.82, 2.24) is 0 Å². The van der Waals surface area contributed by atoms with Crippen LogP contribution in [0.4, 0.5) is 0 Å². The van der Waals surface area contributed by atoms with Gasteiger partial charge in [-0.25, -0.2) is 4.79 Å². The smallest absolute Gasteiger partial charge is 0.338 e. The Balaban J connectivity index is 2.27. The number of benzene rings is 1. The summed E-state index contributed by atoms with van der Waals surface area (Å²) in [6, 6.07) is 9.65. The second kappa shape index (κ2) is 6.28. The highest BCUT2D eigenvalue weighted by atomic mass is 35.7. The van der Waals surface area contributed by atoms with Crippen LogP contribution in [0.1, 0.15) is 16.8 Å². The first-order valence-electron chi connectivity index (χ1n) is 5.09. The Morgan fingerprint density at radius 2 is 1.94 bits per heavy atom. The maximum absolute atomic E-state index is 11.5. The summed E-state index contributed by atoms with van der Waals surface area (Å²) < 4.78 is 5.09. The SMILES string of the molecule is C[Si](Cl)(Cl)CCCOC(=O)c1ccccc1. The maximum atomic E-state index is 11.5. The summed E-state index contributed by atoms with van der Waals surface area (Å²) in [5.41, 5.74) is 0.569. The molecule has 0 unspecified atom stereocenters. The first-order chi connectivity index (χ1) is 7.49. The third kappa shape index (κ3) is 5.54. The number of carbonyl (C=O) groups excluding carboxylic acids is 1. The Hall–Kier alpha value is -0.513. The van der Waals surface area contributed by atoms with Gasteiger partial charge in [-0.05, 0) is 31.1 Å². The lowest BCUT2D eigenvalue weighted by molar-refractivity contribution is 0.0505. The zero-order valence-corrected chi connectivity index (χ0v) is 11.6. The molecule has 1 rings (SSSR count). The highest BCUT2D eigenvalue weighted by Crippen LogP contribution is 2.21. The van der Waals surface area contributed by atoms with Crippen molar-refractivity contribution in [1.29, 1.82) is 0 Å². The van der Waals surface area contributed by atoms with Gasteiger partial charge in [0, 0.05) is 0 Å². The molecule has 0 bridgehead atoms. The molecule has 0 amide bonds. The Kier molecular flexibility index (Phi) is 5.32. The third-order valence-electron chi connectivity index (χ3n) is 2.00. The van der Waals surface area contributed by atoms with Crippen molar-refractivity contribution in [3.05, 3.63) is 35.9 Å². The van der Waals surface area contributed by atoms with Crippen molar-refractivity contribution < 1.29 is 9.53 Å². The summed E-state index contributed by atoms with van der Waals surface area (Å²) in [7, 11) is 0. The predicted molar refractivity (Wildman–Crippen MR) is 69.5 cm³/mol. The third-order valence-corrected chi connectivity index (χ3v) is 4.37. The normalized spacial score (nSPS) is 11.2. The Labute approximate surface area is 106 Å². The monoisotopic (exact) mass is 276 g/mol. The van der Waals surface area contributed by atoms with E-state index in [1.165, 1.54) is 0 Å². The van der Waals surface area contributed by atoms with Gasteiger partial charge < -0.3 is 4.74 Å². The summed E-state index contributed by atoms with van der Waals surface area (Å²) in [5.74, 6) is -0.298. The van der Waals surface area contributed by atoms with E-state index >= 15 is 0 Å². The number of ether oxygens (including phenoxy) is 1. The quantitative estimate of drug-likeness (QED) is 0.354. The minimum atomic E-state index is -2.06. The second-order valence-electron chi connectivity index (χ2n) is 3.68. The minimum absolute atomic E-state index is 0.298. The van der Waals surface area contributed by atoms with Crippen LogP contribution in [0.15, 0.2) is 30.3 Å². The lowest BCUT2D eigenvalue weighted by Crippen LogP contribution is -2.14. The van der Waals surface area contributed by atoms with Crippen molar-refractivity contribution in [3.63, 3.8) is 0 Å². The summed E-state index contributed by atoms with van der Waals surface area (Å²) in [5, 5.41) is 0. The number of esters is 1. The van der Waals surface area contributed by atoms with E-state index in [1.54, 1.807) is 24.3 Å². The van der Waals surface area contributed by atoms with Crippen LogP contribution >= 0.6 is 22.2 Å². The molecule has 0 atom stereocenters. The van der Waals surface area contributed by atoms with Crippen molar-refractivity contribution in [2.75, 3.05) is 6.61 Å². The Bertz CT molecular complexity index is 336. The molecular formula is C11H14Cl2O2Si. The van der Waals surface area contributed by atoms with Crippen molar-refractivity contribution in [2.45, 2.75) is 19.0 Å². The zero-order valence-electron chi connectivity index (χ0n) is 9.08. The first-order valence-corrected chi connectivity index (χ1v) is 9.82. The van der Waals surface area contributed by atoms with Gasteiger partial charge >= 0.3 is 5.97 Å². The minimum Gasteiger partial charge on any atom is -0.462 e. The molecule has 5 heteroatoms. The fraction of sp³-hybridized carbons (Fsp3) is 0.364. The van der Waals surface area contributed by atoms with Gasteiger partial charge in [-0.3, -0.25) is 0 Å². The van der Waals surface area contributed by atoms with Crippen LogP contribution in [0.25, 0.3) is 0 Å². The molecule has 0 N–H and O–H groups in total. The van der Waals surface area contributed by atoms with E-state index in [1.807, 2.05) is 12.6 Å². The number of hydrogen-bond donors (Lipinski definition) is 0. The molecule has 0 fully saturated rings. The summed E-state index contributed by atoms with van der Waals surface area (Å²) in [6.07, 6.45) is 0.717. The van der Waals surface area contributed by atoms with Gasteiger partial charge in [-0.1, -0.05) is 18.2 Å². The van der Waals surface area contributed by atoms with E-state index in [4.69, 9.17) is 26.9 Å². The van der Waals surface area contributed by atoms with E-state index in [2.05, 4.69) is 0 Å². The van der Waals surface area contributed by atoms with Crippen LogP contribution in [0, 0.1) is 0 Å². The van der Waals surface area contributed by atoms with Crippen LogP contribution in [0.2, 0.25) is 12.6 Å². The zero-order chi connectivity index (χ0) is 12.0. The van der Waals surface area contributed by atoms with E-state index in [0.717, 1.165) is 6.04 Å². The molecule has 0 saturated heterocycles. The fourth-order valence-electron chi connectivity index (χ4n) is 1.21. The average molecular weight is 277 g/mol. The van der Waals surface area contributed by atoms with E-state index in [9.17, 15) is 4.79 Å². The predicted octanol–water partition coefficient (Wildman–Crippen LogP) is 3.78. The molecule has 0 spiro atoms. The molecule has 0 aliphatic carbocycles. The van der Waals surface area contributed by atoms with Crippen LogP contribution in [-0.4, -0.2) is 19.3 Å². The highest BCUT2D eigenvalue weighted by Gasteiger charge is 2.20. The van der Waals surface area contributed by atoms with Gasteiger partial charge in [0.1, 0.15) is 0 Å². The fourth-order valence-corrected chi connectivity index (χ4v) is 2.77. The molecule has 1 aromatic carbocycles. The maximum Gasteiger partial charge on any atom is 0.338 e. The summed E-state index contributed by atoms with van der Waals surface area (Å²) >= 11 is 11.9. The number of rotatable bonds is 5. The molecule has 0 radical (unpaired) electrons. The van der Waals surface area contributed by atoms with E-state index in [-0.39, 0.29) is 5.97 Å². The Morgan fingerprint density at radius 1 is 1.31 bits per heavy atom. The van der Waals surface area contributed by atoms with Gasteiger partial charge in [-0.15, -0.1) is 22.2 Å². The largest absolute Gasteiger partial charge is 0.462 e. The molecule has 0 aliphatic rings. The van der Waals surface area contributed by atoms with Crippen molar-refractivity contribution in [3.8, 4) is 0 Å². The number of hydrogen-bond acceptors (Lipinski definition) is 2. The highest BCUT2D eigenvalue weighted by molar-refractivity contribution is 7.44. The number of carbonyl (C=O) groups is 1. The van der Waals surface area contributed by atoms with Crippen LogP contribution in [-0.2, 0) is 4.74 Å². The summed E-state index contributed by atoms with van der Waals surface area (Å²) in [6.45, 7) is 0.172. The summed E-state index contributed by atoms with van der Waals surface area (Å²) in [4.78, 5) is 11.5. The van der Waals surface area contributed by atoms with Gasteiger partial charge in [0.15, 0.2) is 0 Å². The molecular weight excluding hydrogens is 263 g/mol. The lowest BCUT2D eigenvalue weighted by atomic mass is 10.2. The lowest BCUT2D eigenvalue weighted by Gasteiger charge is -2.09. The molecule has 1 aromatic rings. The molecule has 0 saturated carbocycles. The standard InChI is InChI=1S/C11H14Cl2O2Si/c1-16(12,13)9-5-8-15-11(14)10-6-3-2-4-7-10/h2-4,6-7H,5,8-9H2,1H3. The second-order valence-corrected chi connectivity index (χ2v) is 11.9. The van der Waals surface area contributed by atoms with Gasteiger partial charge in [0.05, 0.1) is 12.2 Å². The number of halogens is 2. The molecule has 0 aromatic heterocycles. The molecule has 88 valence electrons. The topological polar surface area (TPSA) is 26.3 Å². The average Bonchev–Trinajstić information content (AvgIpc) is 2.24. The Morgan fingerprint density at radius 3 is 2.50 bits per heavy atom. The molecule has 0 aliphatic heterocycles. The molecule has 16 heavy (non-hydrogen) atoms. The van der Waals surface area contributed by atoms with Crippen molar-refractivity contribution >= 4 is 34.8 Å². The van der Waals surface area contributed by atoms with Crippen LogP contribution in [0.3, 0.4) is 0 Å². The van der Waals surface area contributed by atoms with Crippen LogP contribution in [0.5, 0.6) is 0 Å². The molecule has 0 heterocycles. The first kappa shape index (κ1) is 13.6. The van der Waals surface area contributed by atoms with Crippen molar-refractivity contribution in [2.24, 2.45) is 0 Å². The van der Waals surface area contributed by atoms with Crippen LogP contribution < -0.4 is 0 Å². The van der Waals surface area contributed by atoms with Gasteiger partial charge in [0.2, 0.25) is 6.69 Å². The van der Waals surface area contributed by atoms with E-state index in [0.29, 0.717) is 18.6 Å².